The summed E-state index contributed by atoms with van der Waals surface area (Å²) in [7, 11) is 1.98. The zero-order valence-corrected chi connectivity index (χ0v) is 20.0. The molecule has 2 aliphatic heterocycles. The van der Waals surface area contributed by atoms with E-state index in [9.17, 15) is 14.4 Å². The van der Waals surface area contributed by atoms with Crippen molar-refractivity contribution in [2.75, 3.05) is 23.7 Å². The molecule has 4 heterocycles. The maximum Gasteiger partial charge on any atom is 0.416 e. The molecule has 0 atom stereocenters. The Balaban J connectivity index is 1.27. The van der Waals surface area contributed by atoms with Crippen LogP contribution in [0.5, 0.6) is 5.88 Å². The number of rotatable bonds is 5. The first-order valence-corrected chi connectivity index (χ1v) is 12.1. The van der Waals surface area contributed by atoms with Crippen LogP contribution in [0.4, 0.5) is 10.5 Å². The summed E-state index contributed by atoms with van der Waals surface area (Å²) in [5.74, 6) is 1.16. The normalized spacial score (nSPS) is 19.1. The number of carbonyl (C=O) groups is 3. The number of hydrogen-bond acceptors (Lipinski definition) is 7. The second kappa shape index (κ2) is 9.54. The summed E-state index contributed by atoms with van der Waals surface area (Å²) >= 11 is 1.74. The van der Waals surface area contributed by atoms with Gasteiger partial charge in [-0.15, -0.1) is 0 Å². The number of imidazole rings is 1. The van der Waals surface area contributed by atoms with Crippen molar-refractivity contribution in [1.29, 1.82) is 0 Å². The standard InChI is InChI=1S/C23H29N5O4S/c1-23(2)12-19(29)28(20(30)13-23)17-4-5-18(25-14-17)32-22(31)27-9-6-16(7-10-27)15-33-21-24-8-11-26(21)3/h4-5,8,11,14,16H,6-7,9-10,12-13,15H2,1-3H3. The molecular weight excluding hydrogens is 442 g/mol. The number of aromatic nitrogens is 3. The highest BCUT2D eigenvalue weighted by Gasteiger charge is 2.38. The molecule has 0 radical (unpaired) electrons. The monoisotopic (exact) mass is 471 g/mol. The van der Waals surface area contributed by atoms with Crippen LogP contribution in [-0.2, 0) is 16.6 Å². The van der Waals surface area contributed by atoms with Crippen LogP contribution in [-0.4, -0.2) is 56.2 Å². The molecule has 0 spiro atoms. The molecule has 2 aromatic rings. The Morgan fingerprint density at radius 3 is 2.42 bits per heavy atom. The van der Waals surface area contributed by atoms with Crippen LogP contribution < -0.4 is 9.64 Å². The second-order valence-corrected chi connectivity index (χ2v) is 10.4. The number of aryl methyl sites for hydroxylation is 1. The highest BCUT2D eigenvalue weighted by atomic mass is 32.2. The third-order valence-corrected chi connectivity index (χ3v) is 7.32. The van der Waals surface area contributed by atoms with E-state index < -0.39 is 6.09 Å². The quantitative estimate of drug-likeness (QED) is 0.486. The zero-order chi connectivity index (χ0) is 23.6. The SMILES string of the molecule is Cn1ccnc1SCC1CCN(C(=O)Oc2ccc(N3C(=O)CC(C)(C)CC3=O)cn2)CC1. The molecule has 0 aromatic carbocycles. The summed E-state index contributed by atoms with van der Waals surface area (Å²) in [5.41, 5.74) is 0.0594. The summed E-state index contributed by atoms with van der Waals surface area (Å²) in [6, 6.07) is 3.11. The van der Waals surface area contributed by atoms with Crippen molar-refractivity contribution >= 4 is 35.4 Å². The topological polar surface area (TPSA) is 97.6 Å². The molecule has 2 fully saturated rings. The number of nitrogens with zero attached hydrogens (tertiary/aromatic N) is 5. The van der Waals surface area contributed by atoms with Crippen LogP contribution in [0.1, 0.15) is 39.5 Å². The van der Waals surface area contributed by atoms with Gasteiger partial charge in [-0.2, -0.15) is 0 Å². The predicted octanol–water partition coefficient (Wildman–Crippen LogP) is 3.50. The van der Waals surface area contributed by atoms with Gasteiger partial charge in [0, 0.05) is 57.2 Å². The summed E-state index contributed by atoms with van der Waals surface area (Å²) in [6.07, 6.45) is 7.12. The van der Waals surface area contributed by atoms with Crippen molar-refractivity contribution in [3.8, 4) is 5.88 Å². The first-order valence-electron chi connectivity index (χ1n) is 11.1. The molecule has 3 amide bonds. The highest BCUT2D eigenvalue weighted by Crippen LogP contribution is 2.34. The van der Waals surface area contributed by atoms with Gasteiger partial charge in [-0.1, -0.05) is 25.6 Å². The van der Waals surface area contributed by atoms with E-state index in [-0.39, 0.29) is 23.1 Å². The second-order valence-electron chi connectivity index (χ2n) is 9.43. The lowest BCUT2D eigenvalue weighted by molar-refractivity contribution is -0.132. The van der Waals surface area contributed by atoms with E-state index in [1.165, 1.54) is 12.3 Å². The fourth-order valence-electron chi connectivity index (χ4n) is 4.15. The summed E-state index contributed by atoms with van der Waals surface area (Å²) in [4.78, 5) is 48.7. The maximum atomic E-state index is 12.6. The van der Waals surface area contributed by atoms with Gasteiger partial charge in [-0.05, 0) is 30.2 Å². The smallest absolute Gasteiger partial charge is 0.391 e. The molecule has 33 heavy (non-hydrogen) atoms. The minimum atomic E-state index is -0.433. The van der Waals surface area contributed by atoms with E-state index in [0.29, 0.717) is 37.5 Å². The lowest BCUT2D eigenvalue weighted by Gasteiger charge is -2.34. The fourth-order valence-corrected chi connectivity index (χ4v) is 5.27. The molecule has 4 rings (SSSR count). The van der Waals surface area contributed by atoms with Gasteiger partial charge < -0.3 is 14.2 Å². The highest BCUT2D eigenvalue weighted by molar-refractivity contribution is 7.99. The molecule has 0 unspecified atom stereocenters. The number of ether oxygens (including phenoxy) is 1. The van der Waals surface area contributed by atoms with Gasteiger partial charge in [-0.3, -0.25) is 9.59 Å². The van der Waals surface area contributed by atoms with Crippen LogP contribution in [0.25, 0.3) is 0 Å². The molecule has 2 saturated heterocycles. The van der Waals surface area contributed by atoms with Crippen molar-refractivity contribution in [3.63, 3.8) is 0 Å². The number of thioether (sulfide) groups is 1. The number of imide groups is 1. The molecule has 0 saturated carbocycles. The number of amides is 3. The third kappa shape index (κ3) is 5.55. The minimum absolute atomic E-state index is 0.147. The van der Waals surface area contributed by atoms with Crippen LogP contribution in [0, 0.1) is 11.3 Å². The Hall–Kier alpha value is -2.88. The molecule has 0 bridgehead atoms. The van der Waals surface area contributed by atoms with E-state index in [4.69, 9.17) is 4.74 Å². The van der Waals surface area contributed by atoms with Gasteiger partial charge >= 0.3 is 6.09 Å². The van der Waals surface area contributed by atoms with Crippen LogP contribution in [0.15, 0.2) is 35.9 Å². The number of likely N-dealkylation sites (tertiary alicyclic amines) is 1. The molecule has 176 valence electrons. The number of pyridine rings is 1. The minimum Gasteiger partial charge on any atom is -0.391 e. The summed E-state index contributed by atoms with van der Waals surface area (Å²) in [5, 5.41) is 1.00. The molecule has 0 N–H and O–H groups in total. The van der Waals surface area contributed by atoms with Crippen LogP contribution in [0.2, 0.25) is 0 Å². The Labute approximate surface area is 197 Å². The first-order chi connectivity index (χ1) is 15.7. The molecule has 2 aliphatic rings. The van der Waals surface area contributed by atoms with Crippen LogP contribution in [0.3, 0.4) is 0 Å². The fraction of sp³-hybridized carbons (Fsp3) is 0.522. The Bertz CT molecular complexity index is 1010. The van der Waals surface area contributed by atoms with Gasteiger partial charge in [0.25, 0.3) is 0 Å². The largest absolute Gasteiger partial charge is 0.416 e. The van der Waals surface area contributed by atoms with Crippen molar-refractivity contribution in [1.82, 2.24) is 19.4 Å². The van der Waals surface area contributed by atoms with Gasteiger partial charge in [0.05, 0.1) is 11.9 Å². The lowest BCUT2D eigenvalue weighted by atomic mass is 9.81. The number of carbonyl (C=O) groups excluding carboxylic acids is 3. The van der Waals surface area contributed by atoms with Crippen molar-refractivity contribution in [2.24, 2.45) is 18.4 Å². The molecule has 0 aliphatic carbocycles. The average molecular weight is 472 g/mol. The van der Waals surface area contributed by atoms with Crippen molar-refractivity contribution in [3.05, 3.63) is 30.7 Å². The predicted molar refractivity (Wildman–Crippen MR) is 124 cm³/mol. The van der Waals surface area contributed by atoms with Gasteiger partial charge in [0.15, 0.2) is 5.16 Å². The molecule has 2 aromatic heterocycles. The molecule has 9 nitrogen and oxygen atoms in total. The number of anilines is 1. The number of piperidine rings is 2. The van der Waals surface area contributed by atoms with Crippen molar-refractivity contribution in [2.45, 2.75) is 44.7 Å². The van der Waals surface area contributed by atoms with Gasteiger partial charge in [-0.25, -0.2) is 19.7 Å². The van der Waals surface area contributed by atoms with E-state index in [2.05, 4.69) is 9.97 Å². The zero-order valence-electron chi connectivity index (χ0n) is 19.2. The van der Waals surface area contributed by atoms with Crippen molar-refractivity contribution < 1.29 is 19.1 Å². The summed E-state index contributed by atoms with van der Waals surface area (Å²) in [6.45, 7) is 5.08. The van der Waals surface area contributed by atoms with E-state index in [0.717, 1.165) is 28.7 Å². The third-order valence-electron chi connectivity index (χ3n) is 6.03. The van der Waals surface area contributed by atoms with Gasteiger partial charge in [0.1, 0.15) is 0 Å². The molecular formula is C23H29N5O4S. The lowest BCUT2D eigenvalue weighted by Crippen LogP contribution is -2.46. The van der Waals surface area contributed by atoms with Gasteiger partial charge in [0.2, 0.25) is 17.7 Å². The number of hydrogen-bond donors (Lipinski definition) is 0. The van der Waals surface area contributed by atoms with E-state index in [1.54, 1.807) is 28.9 Å². The van der Waals surface area contributed by atoms with E-state index in [1.807, 2.05) is 31.7 Å². The maximum absolute atomic E-state index is 12.6. The molecule has 10 heteroatoms. The average Bonchev–Trinajstić information content (AvgIpc) is 3.17. The Morgan fingerprint density at radius 1 is 1.15 bits per heavy atom. The van der Waals surface area contributed by atoms with Crippen LogP contribution >= 0.6 is 11.8 Å². The first kappa shape index (κ1) is 23.3. The Morgan fingerprint density at radius 2 is 1.85 bits per heavy atom. The Kier molecular flexibility index (Phi) is 6.73. The summed E-state index contributed by atoms with van der Waals surface area (Å²) < 4.78 is 7.43. The van der Waals surface area contributed by atoms with E-state index >= 15 is 0 Å².